The minimum absolute atomic E-state index is 0.159. The van der Waals surface area contributed by atoms with Crippen LogP contribution in [0.1, 0.15) is 19.8 Å². The summed E-state index contributed by atoms with van der Waals surface area (Å²) in [6.07, 6.45) is 0.781. The van der Waals surface area contributed by atoms with Crippen LogP contribution in [0.25, 0.3) is 0 Å². The van der Waals surface area contributed by atoms with Crippen LogP contribution in [0.2, 0.25) is 0 Å². The van der Waals surface area contributed by atoms with E-state index in [0.29, 0.717) is 38.2 Å². The average molecular weight is 376 g/mol. The van der Waals surface area contributed by atoms with E-state index in [1.807, 2.05) is 5.40 Å². The monoisotopic (exact) mass is 376 g/mol. The maximum absolute atomic E-state index is 12.0. The maximum Gasteiger partial charge on any atom is 0.409 e. The van der Waals surface area contributed by atoms with Crippen LogP contribution in [-0.2, 0) is 14.3 Å². The molecule has 1 heterocycles. The number of carbonyl (C=O) groups is 3. The lowest BCUT2D eigenvalue weighted by Crippen LogP contribution is -2.49. The molecule has 0 saturated carbocycles. The molecule has 138 valence electrons. The Morgan fingerprint density at radius 1 is 1.23 bits per heavy atom. The Balaban J connectivity index is 1.78. The highest BCUT2D eigenvalue weighted by Gasteiger charge is 2.26. The SMILES string of the molecule is CCOC(=O)N1CCC(NC(=O)C(=O)Nc2ccc(SC#N)cc2)CC1. The normalized spacial score (nSPS) is 14.2. The van der Waals surface area contributed by atoms with Gasteiger partial charge in [0, 0.05) is 29.7 Å². The molecule has 1 saturated heterocycles. The fourth-order valence-electron chi connectivity index (χ4n) is 2.52. The molecule has 9 heteroatoms. The van der Waals surface area contributed by atoms with Crippen LogP contribution in [-0.4, -0.2) is 48.5 Å². The summed E-state index contributed by atoms with van der Waals surface area (Å²) in [6.45, 7) is 3.03. The predicted molar refractivity (Wildman–Crippen MR) is 96.3 cm³/mol. The number of piperidine rings is 1. The molecule has 1 fully saturated rings. The van der Waals surface area contributed by atoms with Crippen molar-refractivity contribution in [2.75, 3.05) is 25.0 Å². The van der Waals surface area contributed by atoms with E-state index in [9.17, 15) is 14.4 Å². The third-order valence-corrected chi connectivity index (χ3v) is 4.44. The van der Waals surface area contributed by atoms with Gasteiger partial charge >= 0.3 is 17.9 Å². The van der Waals surface area contributed by atoms with Gasteiger partial charge in [-0.3, -0.25) is 9.59 Å². The Bertz CT molecular complexity index is 694. The molecule has 2 rings (SSSR count). The number of ether oxygens (including phenoxy) is 1. The number of nitriles is 1. The summed E-state index contributed by atoms with van der Waals surface area (Å²) in [7, 11) is 0. The van der Waals surface area contributed by atoms with Crippen molar-refractivity contribution in [3.05, 3.63) is 24.3 Å². The summed E-state index contributed by atoms with van der Waals surface area (Å²) in [6, 6.07) is 6.47. The number of nitrogens with zero attached hydrogens (tertiary/aromatic N) is 2. The van der Waals surface area contributed by atoms with Gasteiger partial charge in [0.1, 0.15) is 5.40 Å². The lowest BCUT2D eigenvalue weighted by atomic mass is 10.1. The van der Waals surface area contributed by atoms with Gasteiger partial charge in [-0.25, -0.2) is 4.79 Å². The molecule has 1 aromatic carbocycles. The zero-order valence-corrected chi connectivity index (χ0v) is 15.2. The fraction of sp³-hybridized carbons (Fsp3) is 0.412. The second-order valence-corrected chi connectivity index (χ2v) is 6.46. The number of nitrogens with one attached hydrogen (secondary N) is 2. The lowest BCUT2D eigenvalue weighted by Gasteiger charge is -2.31. The molecular formula is C17H20N4O4S. The number of carbonyl (C=O) groups excluding carboxylic acids is 3. The molecule has 3 amide bonds. The fourth-order valence-corrected chi connectivity index (χ4v) is 2.90. The first kappa shape index (κ1) is 19.6. The van der Waals surface area contributed by atoms with Crippen molar-refractivity contribution in [3.63, 3.8) is 0 Å². The molecule has 0 bridgehead atoms. The smallest absolute Gasteiger partial charge is 0.409 e. The van der Waals surface area contributed by atoms with Gasteiger partial charge < -0.3 is 20.3 Å². The van der Waals surface area contributed by atoms with Crippen LogP contribution >= 0.6 is 11.8 Å². The number of likely N-dealkylation sites (tertiary alicyclic amines) is 1. The number of rotatable bonds is 4. The molecule has 2 N–H and O–H groups in total. The van der Waals surface area contributed by atoms with E-state index in [2.05, 4.69) is 10.6 Å². The van der Waals surface area contributed by atoms with Crippen LogP contribution in [0.15, 0.2) is 29.2 Å². The van der Waals surface area contributed by atoms with Crippen molar-refractivity contribution in [2.45, 2.75) is 30.7 Å². The number of hydrogen-bond donors (Lipinski definition) is 2. The van der Waals surface area contributed by atoms with Crippen molar-refractivity contribution >= 4 is 35.4 Å². The summed E-state index contributed by atoms with van der Waals surface area (Å²) < 4.78 is 4.94. The molecule has 0 unspecified atom stereocenters. The van der Waals surface area contributed by atoms with Crippen molar-refractivity contribution in [2.24, 2.45) is 0 Å². The van der Waals surface area contributed by atoms with E-state index in [1.165, 1.54) is 0 Å². The van der Waals surface area contributed by atoms with E-state index in [1.54, 1.807) is 36.1 Å². The van der Waals surface area contributed by atoms with Crippen LogP contribution in [0.3, 0.4) is 0 Å². The van der Waals surface area contributed by atoms with Crippen molar-refractivity contribution < 1.29 is 19.1 Å². The first-order valence-electron chi connectivity index (χ1n) is 8.23. The molecule has 8 nitrogen and oxygen atoms in total. The molecule has 26 heavy (non-hydrogen) atoms. The number of amides is 3. The predicted octanol–water partition coefficient (Wildman–Crippen LogP) is 1.94. The molecule has 0 spiro atoms. The van der Waals surface area contributed by atoms with E-state index in [-0.39, 0.29) is 12.1 Å². The van der Waals surface area contributed by atoms with Gasteiger partial charge in [-0.15, -0.1) is 0 Å². The number of thiocyanates is 1. The Morgan fingerprint density at radius 3 is 2.46 bits per heavy atom. The van der Waals surface area contributed by atoms with Crippen LogP contribution in [0, 0.1) is 10.7 Å². The number of thioether (sulfide) groups is 1. The minimum atomic E-state index is -0.751. The van der Waals surface area contributed by atoms with E-state index < -0.39 is 11.8 Å². The molecule has 0 radical (unpaired) electrons. The number of hydrogen-bond acceptors (Lipinski definition) is 6. The maximum atomic E-state index is 12.0. The van der Waals surface area contributed by atoms with Crippen LogP contribution < -0.4 is 10.6 Å². The summed E-state index contributed by atoms with van der Waals surface area (Å²) >= 11 is 1.01. The first-order chi connectivity index (χ1) is 12.5. The molecule has 1 aromatic rings. The van der Waals surface area contributed by atoms with Crippen molar-refractivity contribution in [3.8, 4) is 5.40 Å². The van der Waals surface area contributed by atoms with Gasteiger partial charge in [-0.05, 0) is 55.8 Å². The second-order valence-electron chi connectivity index (χ2n) is 5.61. The van der Waals surface area contributed by atoms with E-state index in [0.717, 1.165) is 16.7 Å². The highest BCUT2D eigenvalue weighted by atomic mass is 32.2. The van der Waals surface area contributed by atoms with Gasteiger partial charge in [-0.1, -0.05) is 0 Å². The molecule has 0 aliphatic carbocycles. The van der Waals surface area contributed by atoms with E-state index in [4.69, 9.17) is 10.00 Å². The zero-order chi connectivity index (χ0) is 18.9. The molecule has 0 atom stereocenters. The second kappa shape index (κ2) is 9.68. The van der Waals surface area contributed by atoms with Gasteiger partial charge in [0.15, 0.2) is 0 Å². The van der Waals surface area contributed by atoms with Gasteiger partial charge in [-0.2, -0.15) is 5.26 Å². The summed E-state index contributed by atoms with van der Waals surface area (Å²) in [4.78, 5) is 38.0. The minimum Gasteiger partial charge on any atom is -0.450 e. The Kier molecular flexibility index (Phi) is 7.29. The highest BCUT2D eigenvalue weighted by Crippen LogP contribution is 2.19. The molecule has 1 aliphatic heterocycles. The topological polar surface area (TPSA) is 112 Å². The summed E-state index contributed by atoms with van der Waals surface area (Å²) in [5.41, 5.74) is 0.476. The molecule has 1 aliphatic rings. The standard InChI is InChI=1S/C17H20N4O4S/c1-2-25-17(24)21-9-7-13(8-10-21)20-16(23)15(22)19-12-3-5-14(6-4-12)26-11-18/h3-6,13H,2,7-10H2,1H3,(H,19,22)(H,20,23). The lowest BCUT2D eigenvalue weighted by molar-refractivity contribution is -0.136. The van der Waals surface area contributed by atoms with E-state index >= 15 is 0 Å². The van der Waals surface area contributed by atoms with Crippen molar-refractivity contribution in [1.82, 2.24) is 10.2 Å². The largest absolute Gasteiger partial charge is 0.450 e. The number of benzene rings is 1. The Hall–Kier alpha value is -2.73. The van der Waals surface area contributed by atoms with Crippen molar-refractivity contribution in [1.29, 1.82) is 5.26 Å². The quantitative estimate of drug-likeness (QED) is 0.472. The number of anilines is 1. The first-order valence-corrected chi connectivity index (χ1v) is 9.04. The third kappa shape index (κ3) is 5.67. The summed E-state index contributed by atoms with van der Waals surface area (Å²) in [5, 5.41) is 15.8. The third-order valence-electron chi connectivity index (χ3n) is 3.84. The van der Waals surface area contributed by atoms with Crippen LogP contribution in [0.5, 0.6) is 0 Å². The van der Waals surface area contributed by atoms with Gasteiger partial charge in [0.25, 0.3) is 0 Å². The summed E-state index contributed by atoms with van der Waals surface area (Å²) in [5.74, 6) is -1.46. The van der Waals surface area contributed by atoms with Crippen LogP contribution in [0.4, 0.5) is 10.5 Å². The Labute approximate surface area is 155 Å². The zero-order valence-electron chi connectivity index (χ0n) is 14.4. The highest BCUT2D eigenvalue weighted by molar-refractivity contribution is 8.03. The average Bonchev–Trinajstić information content (AvgIpc) is 2.64. The molecule has 0 aromatic heterocycles. The molecular weight excluding hydrogens is 356 g/mol. The van der Waals surface area contributed by atoms with Gasteiger partial charge in [0.2, 0.25) is 0 Å². The van der Waals surface area contributed by atoms with Gasteiger partial charge in [0.05, 0.1) is 6.61 Å². The Morgan fingerprint density at radius 2 is 1.88 bits per heavy atom.